The molecule has 0 atom stereocenters. The summed E-state index contributed by atoms with van der Waals surface area (Å²) in [5.74, 6) is 0. The van der Waals surface area contributed by atoms with Crippen LogP contribution in [0.1, 0.15) is 11.1 Å². The highest BCUT2D eigenvalue weighted by molar-refractivity contribution is 9.10. The summed E-state index contributed by atoms with van der Waals surface area (Å²) in [5, 5.41) is 0.728. The van der Waals surface area contributed by atoms with E-state index in [-0.39, 0.29) is 0 Å². The van der Waals surface area contributed by atoms with Crippen LogP contribution in [0.5, 0.6) is 0 Å². The largest absolute Gasteiger partial charge is 0.416 e. The number of hydrogen-bond acceptors (Lipinski definition) is 1. The van der Waals surface area contributed by atoms with Gasteiger partial charge in [0.25, 0.3) is 0 Å². The quantitative estimate of drug-likeness (QED) is 0.515. The van der Waals surface area contributed by atoms with E-state index in [0.29, 0.717) is 11.2 Å². The third-order valence-electron chi connectivity index (χ3n) is 3.46. The summed E-state index contributed by atoms with van der Waals surface area (Å²) in [7, 11) is 0. The lowest BCUT2D eigenvalue weighted by Gasteiger charge is -2.10. The Kier molecular flexibility index (Phi) is 3.68. The third kappa shape index (κ3) is 2.86. The Bertz CT molecular complexity index is 856. The van der Waals surface area contributed by atoms with Gasteiger partial charge in [0.15, 0.2) is 0 Å². The zero-order valence-electron chi connectivity index (χ0n) is 11.6. The van der Waals surface area contributed by atoms with E-state index in [1.54, 1.807) is 0 Å². The zero-order chi connectivity index (χ0) is 15.9. The average Bonchev–Trinajstić information content (AvgIpc) is 2.45. The molecule has 22 heavy (non-hydrogen) atoms. The third-order valence-corrected chi connectivity index (χ3v) is 3.96. The monoisotopic (exact) mass is 365 g/mol. The summed E-state index contributed by atoms with van der Waals surface area (Å²) in [4.78, 5) is 4.40. The van der Waals surface area contributed by atoms with Crippen LogP contribution in [0.3, 0.4) is 0 Å². The van der Waals surface area contributed by atoms with Crippen LogP contribution in [0.2, 0.25) is 0 Å². The molecular formula is C17H11BrF3N. The fourth-order valence-corrected chi connectivity index (χ4v) is 2.77. The summed E-state index contributed by atoms with van der Waals surface area (Å²) in [6.45, 7) is 1.87. The molecule has 0 unspecified atom stereocenters. The minimum absolute atomic E-state index is 0.352. The van der Waals surface area contributed by atoms with E-state index in [1.807, 2.05) is 37.3 Å². The van der Waals surface area contributed by atoms with Crippen LogP contribution in [-0.2, 0) is 6.18 Å². The second-order valence-electron chi connectivity index (χ2n) is 5.06. The Hall–Kier alpha value is -1.88. The molecule has 3 aromatic rings. The lowest BCUT2D eigenvalue weighted by Crippen LogP contribution is -2.04. The number of benzene rings is 2. The molecule has 2 aromatic carbocycles. The van der Waals surface area contributed by atoms with Crippen molar-refractivity contribution in [1.82, 2.24) is 4.98 Å². The SMILES string of the molecule is Cc1cc(-c2cccc(Br)c2)nc2cc(C(F)(F)F)ccc12. The lowest BCUT2D eigenvalue weighted by molar-refractivity contribution is -0.137. The Morgan fingerprint density at radius 2 is 1.77 bits per heavy atom. The molecule has 0 aliphatic heterocycles. The van der Waals surface area contributed by atoms with Crippen molar-refractivity contribution in [3.63, 3.8) is 0 Å². The zero-order valence-corrected chi connectivity index (χ0v) is 13.2. The predicted molar refractivity (Wildman–Crippen MR) is 84.6 cm³/mol. The van der Waals surface area contributed by atoms with E-state index in [0.717, 1.165) is 33.1 Å². The summed E-state index contributed by atoms with van der Waals surface area (Å²) in [6, 6.07) is 13.1. The Balaban J connectivity index is 2.22. The maximum Gasteiger partial charge on any atom is 0.416 e. The summed E-state index contributed by atoms with van der Waals surface area (Å²) >= 11 is 3.39. The van der Waals surface area contributed by atoms with Gasteiger partial charge in [0.05, 0.1) is 16.8 Å². The molecule has 0 amide bonds. The topological polar surface area (TPSA) is 12.9 Å². The van der Waals surface area contributed by atoms with Crippen LogP contribution in [0.25, 0.3) is 22.2 Å². The van der Waals surface area contributed by atoms with Crippen molar-refractivity contribution in [3.8, 4) is 11.3 Å². The fourth-order valence-electron chi connectivity index (χ4n) is 2.37. The molecule has 0 fully saturated rings. The van der Waals surface area contributed by atoms with Gasteiger partial charge in [-0.25, -0.2) is 4.98 Å². The van der Waals surface area contributed by atoms with Crippen LogP contribution in [-0.4, -0.2) is 4.98 Å². The highest BCUT2D eigenvalue weighted by Gasteiger charge is 2.30. The standard InChI is InChI=1S/C17H11BrF3N/c1-10-7-15(11-3-2-4-13(18)8-11)22-16-9-12(17(19,20)21)5-6-14(10)16/h2-9H,1H3. The van der Waals surface area contributed by atoms with Crippen LogP contribution < -0.4 is 0 Å². The maximum absolute atomic E-state index is 12.9. The molecule has 0 saturated carbocycles. The molecule has 112 valence electrons. The number of rotatable bonds is 1. The molecule has 0 aliphatic carbocycles. The van der Waals surface area contributed by atoms with Gasteiger partial charge in [-0.1, -0.05) is 34.1 Å². The molecule has 0 spiro atoms. The predicted octanol–water partition coefficient (Wildman–Crippen LogP) is 5.99. The van der Waals surface area contributed by atoms with E-state index >= 15 is 0 Å². The van der Waals surface area contributed by atoms with E-state index in [1.165, 1.54) is 6.07 Å². The minimum atomic E-state index is -4.37. The van der Waals surface area contributed by atoms with E-state index in [2.05, 4.69) is 20.9 Å². The maximum atomic E-state index is 12.9. The van der Waals surface area contributed by atoms with Crippen molar-refractivity contribution >= 4 is 26.8 Å². The van der Waals surface area contributed by atoms with Crippen molar-refractivity contribution < 1.29 is 13.2 Å². The van der Waals surface area contributed by atoms with Crippen molar-refractivity contribution in [3.05, 3.63) is 64.1 Å². The molecule has 1 aromatic heterocycles. The minimum Gasteiger partial charge on any atom is -0.248 e. The molecule has 0 radical (unpaired) electrons. The van der Waals surface area contributed by atoms with Crippen LogP contribution in [0.15, 0.2) is 53.0 Å². The lowest BCUT2D eigenvalue weighted by atomic mass is 10.0. The van der Waals surface area contributed by atoms with Crippen LogP contribution in [0, 0.1) is 6.92 Å². The highest BCUT2D eigenvalue weighted by atomic mass is 79.9. The first kappa shape index (κ1) is 15.0. The van der Waals surface area contributed by atoms with Gasteiger partial charge in [-0.05, 0) is 42.8 Å². The molecule has 1 heterocycles. The van der Waals surface area contributed by atoms with Crippen LogP contribution in [0.4, 0.5) is 13.2 Å². The van der Waals surface area contributed by atoms with Crippen LogP contribution >= 0.6 is 15.9 Å². The van der Waals surface area contributed by atoms with Gasteiger partial charge in [0.2, 0.25) is 0 Å². The van der Waals surface area contributed by atoms with E-state index in [9.17, 15) is 13.2 Å². The molecule has 5 heteroatoms. The van der Waals surface area contributed by atoms with Gasteiger partial charge in [-0.2, -0.15) is 13.2 Å². The van der Waals surface area contributed by atoms with Gasteiger partial charge in [0.1, 0.15) is 0 Å². The number of fused-ring (bicyclic) bond motifs is 1. The number of nitrogens with zero attached hydrogens (tertiary/aromatic N) is 1. The molecule has 3 rings (SSSR count). The molecular weight excluding hydrogens is 355 g/mol. The van der Waals surface area contributed by atoms with Gasteiger partial charge in [0, 0.05) is 15.4 Å². The molecule has 1 nitrogen and oxygen atoms in total. The van der Waals surface area contributed by atoms with E-state index in [4.69, 9.17) is 0 Å². The average molecular weight is 366 g/mol. The van der Waals surface area contributed by atoms with Gasteiger partial charge >= 0.3 is 6.18 Å². The molecule has 0 bridgehead atoms. The summed E-state index contributed by atoms with van der Waals surface area (Å²) in [6.07, 6.45) is -4.37. The Labute approximate surface area is 133 Å². The number of aromatic nitrogens is 1. The number of pyridine rings is 1. The number of alkyl halides is 3. The van der Waals surface area contributed by atoms with Crippen molar-refractivity contribution in [2.75, 3.05) is 0 Å². The molecule has 0 N–H and O–H groups in total. The Morgan fingerprint density at radius 1 is 1.00 bits per heavy atom. The van der Waals surface area contributed by atoms with Crippen molar-refractivity contribution in [1.29, 1.82) is 0 Å². The highest BCUT2D eigenvalue weighted by Crippen LogP contribution is 2.33. The van der Waals surface area contributed by atoms with Crippen molar-refractivity contribution in [2.24, 2.45) is 0 Å². The number of hydrogen-bond donors (Lipinski definition) is 0. The van der Waals surface area contributed by atoms with E-state index < -0.39 is 11.7 Å². The molecule has 0 aliphatic rings. The summed E-state index contributed by atoms with van der Waals surface area (Å²) in [5.41, 5.74) is 2.08. The first-order chi connectivity index (χ1) is 10.3. The molecule has 0 saturated heterocycles. The van der Waals surface area contributed by atoms with Crippen molar-refractivity contribution in [2.45, 2.75) is 13.1 Å². The number of halogens is 4. The fraction of sp³-hybridized carbons (Fsp3) is 0.118. The number of aryl methyl sites for hydroxylation is 1. The normalized spacial score (nSPS) is 11.9. The smallest absolute Gasteiger partial charge is 0.248 e. The Morgan fingerprint density at radius 3 is 2.45 bits per heavy atom. The van der Waals surface area contributed by atoms with Gasteiger partial charge < -0.3 is 0 Å². The summed E-state index contributed by atoms with van der Waals surface area (Å²) < 4.78 is 39.5. The van der Waals surface area contributed by atoms with Gasteiger partial charge in [-0.3, -0.25) is 0 Å². The second kappa shape index (κ2) is 5.39. The first-order valence-corrected chi connectivity index (χ1v) is 7.38. The first-order valence-electron chi connectivity index (χ1n) is 6.59. The second-order valence-corrected chi connectivity index (χ2v) is 5.98. The van der Waals surface area contributed by atoms with Gasteiger partial charge in [-0.15, -0.1) is 0 Å².